The molecule has 0 fully saturated rings. The zero-order chi connectivity index (χ0) is 15.0. The molecule has 0 aliphatic rings. The number of fused-ring (bicyclic) bond motifs is 1. The zero-order valence-electron chi connectivity index (χ0n) is 11.5. The molecule has 106 valence electrons. The van der Waals surface area contributed by atoms with Gasteiger partial charge in [-0.3, -0.25) is 9.78 Å². The van der Waals surface area contributed by atoms with Crippen LogP contribution in [-0.4, -0.2) is 14.7 Å². The van der Waals surface area contributed by atoms with E-state index in [1.165, 1.54) is 0 Å². The molecule has 0 aliphatic carbocycles. The third-order valence-corrected chi connectivity index (χ3v) is 3.52. The number of nitrogens with zero attached hydrogens (tertiary/aromatic N) is 1. The summed E-state index contributed by atoms with van der Waals surface area (Å²) in [4.78, 5) is 25.9. The number of nitrogens with one attached hydrogen (secondary N) is 1. The topological polar surface area (TPSA) is 75.1 Å². The van der Waals surface area contributed by atoms with Gasteiger partial charge in [0.15, 0.2) is 0 Å². The highest BCUT2D eigenvalue weighted by atomic mass is 16.3. The van der Waals surface area contributed by atoms with Gasteiger partial charge in [0.1, 0.15) is 0 Å². The van der Waals surface area contributed by atoms with Gasteiger partial charge in [0, 0.05) is 0 Å². The second-order valence-electron chi connectivity index (χ2n) is 4.78. The van der Waals surface area contributed by atoms with Crippen LogP contribution in [0.3, 0.4) is 0 Å². The molecule has 0 saturated heterocycles. The normalized spacial score (nSPS) is 10.9. The van der Waals surface area contributed by atoms with Gasteiger partial charge in [-0.05, 0) is 29.3 Å². The van der Waals surface area contributed by atoms with Gasteiger partial charge < -0.3 is 5.11 Å². The van der Waals surface area contributed by atoms with Crippen molar-refractivity contribution in [2.75, 3.05) is 0 Å². The molecule has 0 radical (unpaired) electrons. The van der Waals surface area contributed by atoms with Crippen molar-refractivity contribution in [2.45, 2.75) is 13.3 Å². The Bertz CT molecular complexity index is 938. The van der Waals surface area contributed by atoms with E-state index in [1.807, 2.05) is 30.3 Å². The lowest BCUT2D eigenvalue weighted by molar-refractivity contribution is 0.423. The highest BCUT2D eigenvalue weighted by molar-refractivity contribution is 5.84. The average Bonchev–Trinajstić information content (AvgIpc) is 2.47. The van der Waals surface area contributed by atoms with Crippen molar-refractivity contribution in [1.82, 2.24) is 9.55 Å². The standard InChI is InChI=1S/C16H14N2O3/c1-2-13-14(19)17-16(21)18(15(13)20)12-8-7-10-5-3-4-6-11(10)9-12/h3-9,20H,2H2,1H3,(H,17,19,21). The molecule has 21 heavy (non-hydrogen) atoms. The van der Waals surface area contributed by atoms with Gasteiger partial charge in [-0.15, -0.1) is 0 Å². The van der Waals surface area contributed by atoms with Gasteiger partial charge in [-0.2, -0.15) is 0 Å². The molecule has 1 heterocycles. The third-order valence-electron chi connectivity index (χ3n) is 3.52. The fourth-order valence-corrected chi connectivity index (χ4v) is 2.44. The quantitative estimate of drug-likeness (QED) is 0.754. The van der Waals surface area contributed by atoms with Crippen molar-refractivity contribution < 1.29 is 5.11 Å². The van der Waals surface area contributed by atoms with Gasteiger partial charge in [0.05, 0.1) is 11.3 Å². The van der Waals surface area contributed by atoms with Crippen LogP contribution in [0.15, 0.2) is 52.1 Å². The molecule has 2 aromatic carbocycles. The Morgan fingerprint density at radius 3 is 2.52 bits per heavy atom. The maximum absolute atomic E-state index is 12.0. The number of aromatic amines is 1. The fourth-order valence-electron chi connectivity index (χ4n) is 2.44. The van der Waals surface area contributed by atoms with Gasteiger partial charge in [0.2, 0.25) is 5.88 Å². The summed E-state index contributed by atoms with van der Waals surface area (Å²) in [5.74, 6) is -0.304. The molecule has 0 amide bonds. The minimum atomic E-state index is -0.648. The molecule has 5 nitrogen and oxygen atoms in total. The first kappa shape index (κ1) is 13.2. The van der Waals surface area contributed by atoms with Gasteiger partial charge in [0.25, 0.3) is 5.56 Å². The van der Waals surface area contributed by atoms with Crippen molar-refractivity contribution in [1.29, 1.82) is 0 Å². The van der Waals surface area contributed by atoms with Crippen molar-refractivity contribution >= 4 is 10.8 Å². The largest absolute Gasteiger partial charge is 0.494 e. The van der Waals surface area contributed by atoms with Crippen LogP contribution in [0.2, 0.25) is 0 Å². The smallest absolute Gasteiger partial charge is 0.335 e. The summed E-state index contributed by atoms with van der Waals surface area (Å²) in [6, 6.07) is 13.1. The number of H-pyrrole nitrogens is 1. The van der Waals surface area contributed by atoms with E-state index in [-0.39, 0.29) is 11.4 Å². The lowest BCUT2D eigenvalue weighted by atomic mass is 10.1. The van der Waals surface area contributed by atoms with E-state index in [0.29, 0.717) is 12.1 Å². The maximum Gasteiger partial charge on any atom is 0.335 e. The minimum Gasteiger partial charge on any atom is -0.494 e. The second-order valence-corrected chi connectivity index (χ2v) is 4.78. The highest BCUT2D eigenvalue weighted by Crippen LogP contribution is 2.21. The Balaban J connectivity index is 2.32. The van der Waals surface area contributed by atoms with Crippen molar-refractivity contribution in [3.8, 4) is 11.6 Å². The summed E-state index contributed by atoms with van der Waals surface area (Å²) in [5.41, 5.74) is -0.480. The summed E-state index contributed by atoms with van der Waals surface area (Å²) in [5, 5.41) is 12.2. The predicted octanol–water partition coefficient (Wildman–Crippen LogP) is 1.95. The number of hydrogen-bond donors (Lipinski definition) is 2. The van der Waals surface area contributed by atoms with Crippen LogP contribution in [0.25, 0.3) is 16.5 Å². The number of hydrogen-bond acceptors (Lipinski definition) is 3. The van der Waals surface area contributed by atoms with Crippen LogP contribution in [0, 0.1) is 0 Å². The molecule has 0 atom stereocenters. The Morgan fingerprint density at radius 2 is 1.81 bits per heavy atom. The van der Waals surface area contributed by atoms with Crippen LogP contribution < -0.4 is 11.2 Å². The molecule has 0 spiro atoms. The number of aromatic nitrogens is 2. The van der Waals surface area contributed by atoms with E-state index < -0.39 is 11.2 Å². The average molecular weight is 282 g/mol. The van der Waals surface area contributed by atoms with E-state index in [9.17, 15) is 14.7 Å². The van der Waals surface area contributed by atoms with E-state index >= 15 is 0 Å². The minimum absolute atomic E-state index is 0.197. The van der Waals surface area contributed by atoms with E-state index in [1.54, 1.807) is 19.1 Å². The summed E-state index contributed by atoms with van der Waals surface area (Å²) in [6.45, 7) is 1.75. The van der Waals surface area contributed by atoms with Gasteiger partial charge in [-0.25, -0.2) is 9.36 Å². The molecule has 0 bridgehead atoms. The van der Waals surface area contributed by atoms with Crippen molar-refractivity contribution in [2.24, 2.45) is 0 Å². The Labute approximate surface area is 120 Å². The fraction of sp³-hybridized carbons (Fsp3) is 0.125. The molecular weight excluding hydrogens is 268 g/mol. The zero-order valence-corrected chi connectivity index (χ0v) is 11.5. The highest BCUT2D eigenvalue weighted by Gasteiger charge is 2.14. The lowest BCUT2D eigenvalue weighted by Crippen LogP contribution is -2.31. The van der Waals surface area contributed by atoms with Crippen LogP contribution in [0.4, 0.5) is 0 Å². The molecular formula is C16H14N2O3. The number of aromatic hydroxyl groups is 1. The predicted molar refractivity (Wildman–Crippen MR) is 81.2 cm³/mol. The Hall–Kier alpha value is -2.82. The molecule has 5 heteroatoms. The first-order valence-electron chi connectivity index (χ1n) is 6.68. The van der Waals surface area contributed by atoms with Crippen molar-refractivity contribution in [3.63, 3.8) is 0 Å². The molecule has 3 aromatic rings. The maximum atomic E-state index is 12.0. The summed E-state index contributed by atoms with van der Waals surface area (Å²) >= 11 is 0. The van der Waals surface area contributed by atoms with Crippen LogP contribution in [0.1, 0.15) is 12.5 Å². The van der Waals surface area contributed by atoms with Crippen LogP contribution >= 0.6 is 0 Å². The van der Waals surface area contributed by atoms with E-state index in [4.69, 9.17) is 0 Å². The first-order chi connectivity index (χ1) is 10.1. The summed E-state index contributed by atoms with van der Waals surface area (Å²) in [7, 11) is 0. The first-order valence-corrected chi connectivity index (χ1v) is 6.68. The Morgan fingerprint density at radius 1 is 1.10 bits per heavy atom. The monoisotopic (exact) mass is 282 g/mol. The number of benzene rings is 2. The molecule has 2 N–H and O–H groups in total. The van der Waals surface area contributed by atoms with Crippen LogP contribution in [-0.2, 0) is 6.42 Å². The van der Waals surface area contributed by atoms with Crippen LogP contribution in [0.5, 0.6) is 5.88 Å². The van der Waals surface area contributed by atoms with E-state index in [0.717, 1.165) is 15.3 Å². The third kappa shape index (κ3) is 2.12. The van der Waals surface area contributed by atoms with Crippen molar-refractivity contribution in [3.05, 3.63) is 68.9 Å². The SMILES string of the molecule is CCc1c(O)n(-c2ccc3ccccc3c2)c(=O)[nH]c1=O. The van der Waals surface area contributed by atoms with Gasteiger partial charge >= 0.3 is 5.69 Å². The Kier molecular flexibility index (Phi) is 3.10. The summed E-state index contributed by atoms with van der Waals surface area (Å²) < 4.78 is 1.12. The molecule has 0 saturated carbocycles. The second kappa shape index (κ2) is 4.94. The number of rotatable bonds is 2. The molecule has 0 unspecified atom stereocenters. The molecule has 3 rings (SSSR count). The van der Waals surface area contributed by atoms with Gasteiger partial charge in [-0.1, -0.05) is 37.3 Å². The molecule has 1 aromatic heterocycles. The molecule has 0 aliphatic heterocycles. The lowest BCUT2D eigenvalue weighted by Gasteiger charge is -2.11. The summed E-state index contributed by atoms with van der Waals surface area (Å²) in [6.07, 6.45) is 0.342. The van der Waals surface area contributed by atoms with E-state index in [2.05, 4.69) is 4.98 Å².